The third-order valence-electron chi connectivity index (χ3n) is 4.52. The van der Waals surface area contributed by atoms with Crippen LogP contribution in [0.4, 0.5) is 4.39 Å². The number of carbonyl (C=O) groups is 2. The molecule has 1 aromatic rings. The van der Waals surface area contributed by atoms with E-state index < -0.39 is 5.82 Å². The zero-order chi connectivity index (χ0) is 19.8. The zero-order valence-electron chi connectivity index (χ0n) is 15.6. The largest absolute Gasteiger partial charge is 0.352 e. The van der Waals surface area contributed by atoms with Crippen LogP contribution in [0.3, 0.4) is 0 Å². The Morgan fingerprint density at radius 2 is 1.89 bits per heavy atom. The number of nitrogens with zero attached hydrogens (tertiary/aromatic N) is 3. The molecule has 1 fully saturated rings. The molecule has 6 nitrogen and oxygen atoms in total. The molecule has 0 bridgehead atoms. The maximum atomic E-state index is 13.9. The number of halogens is 2. The molecule has 0 aromatic heterocycles. The minimum absolute atomic E-state index is 0.0269. The highest BCUT2D eigenvalue weighted by molar-refractivity contribution is 6.31. The molecule has 0 radical (unpaired) electrons. The van der Waals surface area contributed by atoms with Crippen LogP contribution in [0.1, 0.15) is 5.56 Å². The van der Waals surface area contributed by atoms with Gasteiger partial charge in [-0.3, -0.25) is 19.4 Å². The fraction of sp³-hybridized carbons (Fsp3) is 0.474. The van der Waals surface area contributed by atoms with Gasteiger partial charge in [0.2, 0.25) is 11.8 Å². The summed E-state index contributed by atoms with van der Waals surface area (Å²) in [6, 6.07) is 4.49. The summed E-state index contributed by atoms with van der Waals surface area (Å²) in [4.78, 5) is 29.8. The van der Waals surface area contributed by atoms with Crippen LogP contribution in [0.25, 0.3) is 0 Å². The van der Waals surface area contributed by atoms with E-state index >= 15 is 0 Å². The average molecular weight is 397 g/mol. The van der Waals surface area contributed by atoms with E-state index in [-0.39, 0.29) is 24.9 Å². The standard InChI is InChI=1S/C19H26ClFN4O2/c1-3-7-22-18(26)13-24-8-10-25(11-9-24)14-19(27)23(2)12-15-16(20)5-4-6-17(15)21/h3-6H,1,7-14H2,2H3,(H,22,26). The Bertz CT molecular complexity index is 657. The summed E-state index contributed by atoms with van der Waals surface area (Å²) < 4.78 is 13.9. The normalized spacial score (nSPS) is 15.4. The molecule has 1 aromatic carbocycles. The van der Waals surface area contributed by atoms with Crippen LogP contribution in [0.15, 0.2) is 30.9 Å². The SMILES string of the molecule is C=CCNC(=O)CN1CCN(CC(=O)N(C)Cc2c(F)cccc2Cl)CC1. The molecule has 0 saturated carbocycles. The van der Waals surface area contributed by atoms with Gasteiger partial charge in [0.15, 0.2) is 0 Å². The van der Waals surface area contributed by atoms with Crippen LogP contribution in [-0.2, 0) is 16.1 Å². The Morgan fingerprint density at radius 1 is 1.26 bits per heavy atom. The molecule has 1 N–H and O–H groups in total. The summed E-state index contributed by atoms with van der Waals surface area (Å²) in [7, 11) is 1.64. The second-order valence-corrected chi connectivity index (χ2v) is 7.00. The van der Waals surface area contributed by atoms with Crippen molar-refractivity contribution in [2.75, 3.05) is 52.9 Å². The van der Waals surface area contributed by atoms with Crippen molar-refractivity contribution >= 4 is 23.4 Å². The van der Waals surface area contributed by atoms with Gasteiger partial charge in [-0.1, -0.05) is 23.7 Å². The van der Waals surface area contributed by atoms with Crippen LogP contribution in [0.2, 0.25) is 5.02 Å². The van der Waals surface area contributed by atoms with Gasteiger partial charge in [-0.05, 0) is 12.1 Å². The average Bonchev–Trinajstić information content (AvgIpc) is 2.64. The quantitative estimate of drug-likeness (QED) is 0.674. The minimum Gasteiger partial charge on any atom is -0.352 e. The van der Waals surface area contributed by atoms with Gasteiger partial charge >= 0.3 is 0 Å². The van der Waals surface area contributed by atoms with E-state index in [1.807, 2.05) is 4.90 Å². The van der Waals surface area contributed by atoms with Crippen molar-refractivity contribution < 1.29 is 14.0 Å². The molecular formula is C19H26ClFN4O2. The van der Waals surface area contributed by atoms with Gasteiger partial charge in [0.1, 0.15) is 5.82 Å². The minimum atomic E-state index is -0.412. The molecule has 1 saturated heterocycles. The van der Waals surface area contributed by atoms with E-state index in [0.717, 1.165) is 13.1 Å². The van der Waals surface area contributed by atoms with Gasteiger partial charge in [-0.25, -0.2) is 4.39 Å². The van der Waals surface area contributed by atoms with Crippen molar-refractivity contribution in [2.45, 2.75) is 6.54 Å². The number of rotatable bonds is 8. The van der Waals surface area contributed by atoms with E-state index in [1.54, 1.807) is 25.3 Å². The van der Waals surface area contributed by atoms with Gasteiger partial charge in [-0.2, -0.15) is 0 Å². The van der Waals surface area contributed by atoms with Crippen molar-refractivity contribution in [2.24, 2.45) is 0 Å². The highest BCUT2D eigenvalue weighted by Gasteiger charge is 2.22. The van der Waals surface area contributed by atoms with Crippen molar-refractivity contribution in [3.8, 4) is 0 Å². The van der Waals surface area contributed by atoms with Crippen molar-refractivity contribution in [1.29, 1.82) is 0 Å². The highest BCUT2D eigenvalue weighted by atomic mass is 35.5. The molecule has 0 unspecified atom stereocenters. The van der Waals surface area contributed by atoms with Gasteiger partial charge < -0.3 is 10.2 Å². The highest BCUT2D eigenvalue weighted by Crippen LogP contribution is 2.20. The van der Waals surface area contributed by atoms with E-state index in [2.05, 4.69) is 16.8 Å². The van der Waals surface area contributed by atoms with E-state index in [9.17, 15) is 14.0 Å². The fourth-order valence-electron chi connectivity index (χ4n) is 2.87. The smallest absolute Gasteiger partial charge is 0.236 e. The van der Waals surface area contributed by atoms with Crippen molar-refractivity contribution in [3.63, 3.8) is 0 Å². The molecule has 1 heterocycles. The maximum Gasteiger partial charge on any atom is 0.236 e. The fourth-order valence-corrected chi connectivity index (χ4v) is 3.09. The van der Waals surface area contributed by atoms with E-state index in [1.165, 1.54) is 11.0 Å². The molecule has 2 rings (SSSR count). The first-order valence-corrected chi connectivity index (χ1v) is 9.27. The van der Waals surface area contributed by atoms with Crippen LogP contribution in [-0.4, -0.2) is 79.4 Å². The summed E-state index contributed by atoms with van der Waals surface area (Å²) >= 11 is 6.03. The summed E-state index contributed by atoms with van der Waals surface area (Å²) in [5.41, 5.74) is 0.324. The Balaban J connectivity index is 1.77. The van der Waals surface area contributed by atoms with Gasteiger partial charge in [-0.15, -0.1) is 6.58 Å². The number of benzene rings is 1. The molecule has 148 valence electrons. The molecular weight excluding hydrogens is 371 g/mol. The summed E-state index contributed by atoms with van der Waals surface area (Å²) in [6.45, 7) is 7.62. The molecule has 0 spiro atoms. The van der Waals surface area contributed by atoms with Crippen molar-refractivity contribution in [3.05, 3.63) is 47.3 Å². The summed E-state index contributed by atoms with van der Waals surface area (Å²) in [6.07, 6.45) is 1.65. The van der Waals surface area contributed by atoms with Gasteiger partial charge in [0, 0.05) is 56.9 Å². The molecule has 2 amide bonds. The number of likely N-dealkylation sites (N-methyl/N-ethyl adjacent to an activating group) is 1. The Kier molecular flexibility index (Phi) is 8.22. The topological polar surface area (TPSA) is 55.9 Å². The van der Waals surface area contributed by atoms with E-state index in [0.29, 0.717) is 36.8 Å². The second-order valence-electron chi connectivity index (χ2n) is 6.60. The molecule has 1 aliphatic heterocycles. The first-order chi connectivity index (χ1) is 12.9. The Morgan fingerprint density at radius 3 is 2.48 bits per heavy atom. The number of piperazine rings is 1. The van der Waals surface area contributed by atoms with Gasteiger partial charge in [0.05, 0.1) is 13.1 Å². The molecule has 27 heavy (non-hydrogen) atoms. The number of hydrogen-bond acceptors (Lipinski definition) is 4. The molecule has 0 aliphatic carbocycles. The van der Waals surface area contributed by atoms with Crippen molar-refractivity contribution in [1.82, 2.24) is 20.0 Å². The zero-order valence-corrected chi connectivity index (χ0v) is 16.3. The number of carbonyl (C=O) groups excluding carboxylic acids is 2. The van der Waals surface area contributed by atoms with Crippen LogP contribution in [0, 0.1) is 5.82 Å². The summed E-state index contributed by atoms with van der Waals surface area (Å²) in [5, 5.41) is 3.07. The van der Waals surface area contributed by atoms with Gasteiger partial charge in [0.25, 0.3) is 0 Å². The van der Waals surface area contributed by atoms with E-state index in [4.69, 9.17) is 11.6 Å². The molecule has 8 heteroatoms. The third-order valence-corrected chi connectivity index (χ3v) is 4.87. The predicted octanol–water partition coefficient (Wildman–Crippen LogP) is 1.36. The molecule has 1 aliphatic rings. The van der Waals surface area contributed by atoms with Crippen LogP contribution in [0.5, 0.6) is 0 Å². The Labute approximate surface area is 164 Å². The lowest BCUT2D eigenvalue weighted by molar-refractivity contribution is -0.132. The monoisotopic (exact) mass is 396 g/mol. The second kappa shape index (κ2) is 10.4. The van der Waals surface area contributed by atoms with Crippen LogP contribution < -0.4 is 5.32 Å². The Hall–Kier alpha value is -1.96. The number of hydrogen-bond donors (Lipinski definition) is 1. The summed E-state index contributed by atoms with van der Waals surface area (Å²) in [5.74, 6) is -0.530. The molecule has 0 atom stereocenters. The first-order valence-electron chi connectivity index (χ1n) is 8.90. The predicted molar refractivity (Wildman–Crippen MR) is 104 cm³/mol. The lowest BCUT2D eigenvalue weighted by Crippen LogP contribution is -2.51. The maximum absolute atomic E-state index is 13.9. The number of amides is 2. The number of nitrogens with one attached hydrogen (secondary N) is 1. The lowest BCUT2D eigenvalue weighted by Gasteiger charge is -2.34. The lowest BCUT2D eigenvalue weighted by atomic mass is 10.2. The van der Waals surface area contributed by atoms with Crippen LogP contribution >= 0.6 is 11.6 Å². The third kappa shape index (κ3) is 6.61. The first kappa shape index (κ1) is 21.3.